The van der Waals surface area contributed by atoms with E-state index in [1.165, 1.54) is 25.7 Å². The first-order chi connectivity index (χ1) is 13.6. The highest BCUT2D eigenvalue weighted by Gasteiger charge is 2.34. The van der Waals surface area contributed by atoms with Gasteiger partial charge in [0.25, 0.3) is 5.56 Å². The SMILES string of the molecule is CC(OC1Cc2nc(CSC3CCOCC3)[nH]c(=O)c2C(F)C1)C1CCCC1. The average molecular weight is 411 g/mol. The van der Waals surface area contributed by atoms with Gasteiger partial charge >= 0.3 is 0 Å². The number of nitrogens with one attached hydrogen (secondary N) is 1. The van der Waals surface area contributed by atoms with Crippen LogP contribution in [0.25, 0.3) is 0 Å². The largest absolute Gasteiger partial charge is 0.381 e. The van der Waals surface area contributed by atoms with Crippen LogP contribution >= 0.6 is 11.8 Å². The van der Waals surface area contributed by atoms with Crippen LogP contribution in [0, 0.1) is 5.92 Å². The molecule has 3 atom stereocenters. The fraction of sp³-hybridized carbons (Fsp3) is 0.810. The minimum atomic E-state index is -1.29. The van der Waals surface area contributed by atoms with E-state index in [2.05, 4.69) is 16.9 Å². The monoisotopic (exact) mass is 410 g/mol. The normalized spacial score (nSPS) is 27.6. The van der Waals surface area contributed by atoms with Gasteiger partial charge in [0, 0.05) is 31.3 Å². The van der Waals surface area contributed by atoms with Crippen molar-refractivity contribution in [2.24, 2.45) is 5.92 Å². The molecule has 0 amide bonds. The van der Waals surface area contributed by atoms with Crippen LogP contribution in [0.1, 0.15) is 75.1 Å². The molecule has 1 N–H and O–H groups in total. The number of aromatic nitrogens is 2. The number of aromatic amines is 1. The molecule has 0 bridgehead atoms. The molecule has 3 unspecified atom stereocenters. The molecule has 28 heavy (non-hydrogen) atoms. The van der Waals surface area contributed by atoms with E-state index in [1.807, 2.05) is 0 Å². The van der Waals surface area contributed by atoms with Crippen molar-refractivity contribution in [2.75, 3.05) is 13.2 Å². The van der Waals surface area contributed by atoms with Crippen molar-refractivity contribution in [1.82, 2.24) is 9.97 Å². The average Bonchev–Trinajstić information content (AvgIpc) is 3.21. The molecule has 1 saturated heterocycles. The number of thioether (sulfide) groups is 1. The number of halogens is 1. The molecule has 0 aromatic carbocycles. The number of alkyl halides is 1. The summed E-state index contributed by atoms with van der Waals surface area (Å²) in [4.78, 5) is 19.9. The van der Waals surface area contributed by atoms with Crippen LogP contribution in [0.5, 0.6) is 0 Å². The van der Waals surface area contributed by atoms with Crippen LogP contribution in [0.15, 0.2) is 4.79 Å². The van der Waals surface area contributed by atoms with E-state index >= 15 is 0 Å². The van der Waals surface area contributed by atoms with Gasteiger partial charge in [-0.05, 0) is 38.5 Å². The molecule has 2 aliphatic carbocycles. The van der Waals surface area contributed by atoms with Crippen molar-refractivity contribution in [3.8, 4) is 0 Å². The summed E-state index contributed by atoms with van der Waals surface area (Å²) in [6.07, 6.45) is 6.45. The second-order valence-corrected chi connectivity index (χ2v) is 9.70. The van der Waals surface area contributed by atoms with E-state index in [0.29, 0.717) is 34.9 Å². The Morgan fingerprint density at radius 2 is 2.04 bits per heavy atom. The summed E-state index contributed by atoms with van der Waals surface area (Å²) in [5.41, 5.74) is 0.490. The van der Waals surface area contributed by atoms with Gasteiger partial charge in [-0.15, -0.1) is 0 Å². The highest BCUT2D eigenvalue weighted by molar-refractivity contribution is 7.99. The Morgan fingerprint density at radius 3 is 2.79 bits per heavy atom. The van der Waals surface area contributed by atoms with Gasteiger partial charge in [0.1, 0.15) is 12.0 Å². The van der Waals surface area contributed by atoms with Gasteiger partial charge in [0.2, 0.25) is 0 Å². The molecule has 1 aliphatic heterocycles. The maximum Gasteiger partial charge on any atom is 0.257 e. The Labute approximate surface area is 170 Å². The van der Waals surface area contributed by atoms with Crippen molar-refractivity contribution in [3.63, 3.8) is 0 Å². The van der Waals surface area contributed by atoms with Gasteiger partial charge in [-0.3, -0.25) is 4.79 Å². The molecule has 1 aromatic rings. The van der Waals surface area contributed by atoms with E-state index in [9.17, 15) is 9.18 Å². The Bertz CT molecular complexity index is 716. The zero-order chi connectivity index (χ0) is 19.5. The molecular formula is C21H31FN2O3S. The summed E-state index contributed by atoms with van der Waals surface area (Å²) in [5.74, 6) is 1.88. The smallest absolute Gasteiger partial charge is 0.257 e. The lowest BCUT2D eigenvalue weighted by Gasteiger charge is -2.31. The van der Waals surface area contributed by atoms with E-state index in [4.69, 9.17) is 9.47 Å². The zero-order valence-electron chi connectivity index (χ0n) is 16.6. The highest BCUT2D eigenvalue weighted by atomic mass is 32.2. The number of fused-ring (bicyclic) bond motifs is 1. The van der Waals surface area contributed by atoms with Crippen molar-refractivity contribution < 1.29 is 13.9 Å². The van der Waals surface area contributed by atoms with Crippen LogP contribution in [-0.4, -0.2) is 40.6 Å². The molecule has 1 aromatic heterocycles. The van der Waals surface area contributed by atoms with Crippen molar-refractivity contribution >= 4 is 11.8 Å². The predicted molar refractivity (Wildman–Crippen MR) is 108 cm³/mol. The maximum atomic E-state index is 14.8. The topological polar surface area (TPSA) is 64.2 Å². The first kappa shape index (κ1) is 20.4. The third-order valence-corrected chi connectivity index (χ3v) is 7.77. The Hall–Kier alpha value is -0.920. The summed E-state index contributed by atoms with van der Waals surface area (Å²) in [7, 11) is 0. The molecule has 4 rings (SSSR count). The molecule has 2 heterocycles. The summed E-state index contributed by atoms with van der Waals surface area (Å²) in [6.45, 7) is 3.71. The molecule has 0 spiro atoms. The van der Waals surface area contributed by atoms with Gasteiger partial charge in [-0.25, -0.2) is 9.37 Å². The third-order valence-electron chi connectivity index (χ3n) is 6.38. The fourth-order valence-electron chi connectivity index (χ4n) is 4.76. The van der Waals surface area contributed by atoms with Gasteiger partial charge in [-0.1, -0.05) is 12.8 Å². The Balaban J connectivity index is 1.42. The lowest BCUT2D eigenvalue weighted by Crippen LogP contribution is -2.35. The number of nitrogens with zero attached hydrogens (tertiary/aromatic N) is 1. The summed E-state index contributed by atoms with van der Waals surface area (Å²) in [5, 5.41) is 0.535. The first-order valence-corrected chi connectivity index (χ1v) is 11.8. The van der Waals surface area contributed by atoms with E-state index in [0.717, 1.165) is 26.1 Å². The number of rotatable bonds is 6. The predicted octanol–water partition coefficient (Wildman–Crippen LogP) is 4.10. The van der Waals surface area contributed by atoms with Gasteiger partial charge in [0.15, 0.2) is 0 Å². The lowest BCUT2D eigenvalue weighted by atomic mass is 9.92. The molecule has 2 fully saturated rings. The van der Waals surface area contributed by atoms with Crippen LogP contribution in [0.2, 0.25) is 0 Å². The van der Waals surface area contributed by atoms with Crippen LogP contribution in [0.4, 0.5) is 4.39 Å². The van der Waals surface area contributed by atoms with E-state index in [1.54, 1.807) is 11.8 Å². The van der Waals surface area contributed by atoms with Crippen LogP contribution in [0.3, 0.4) is 0 Å². The fourth-order valence-corrected chi connectivity index (χ4v) is 5.82. The second-order valence-electron chi connectivity index (χ2n) is 8.41. The van der Waals surface area contributed by atoms with Gasteiger partial charge < -0.3 is 14.5 Å². The molecule has 3 aliphatic rings. The lowest BCUT2D eigenvalue weighted by molar-refractivity contribution is -0.0485. The Morgan fingerprint density at radius 1 is 1.29 bits per heavy atom. The second kappa shape index (κ2) is 9.26. The number of hydrogen-bond donors (Lipinski definition) is 1. The molecule has 5 nitrogen and oxygen atoms in total. The van der Waals surface area contributed by atoms with E-state index in [-0.39, 0.29) is 29.8 Å². The minimum Gasteiger partial charge on any atom is -0.381 e. The first-order valence-electron chi connectivity index (χ1n) is 10.7. The standard InChI is InChI=1S/C21H31FN2O3S/c1-13(14-4-2-3-5-14)27-15-10-17(22)20-18(11-15)23-19(24-21(20)25)12-28-16-6-8-26-9-7-16/h13-17H,2-12H2,1H3,(H,23,24,25). The molecule has 7 heteroatoms. The highest BCUT2D eigenvalue weighted by Crippen LogP contribution is 2.35. The molecular weight excluding hydrogens is 379 g/mol. The van der Waals surface area contributed by atoms with Crippen LogP contribution in [-0.2, 0) is 21.6 Å². The van der Waals surface area contributed by atoms with Crippen molar-refractivity contribution in [2.45, 2.75) is 87.7 Å². The zero-order valence-corrected chi connectivity index (χ0v) is 17.4. The molecule has 0 radical (unpaired) electrons. The van der Waals surface area contributed by atoms with Crippen molar-refractivity contribution in [3.05, 3.63) is 27.4 Å². The minimum absolute atomic E-state index is 0.145. The summed E-state index contributed by atoms with van der Waals surface area (Å²) in [6, 6.07) is 0. The third kappa shape index (κ3) is 4.79. The number of hydrogen-bond acceptors (Lipinski definition) is 5. The van der Waals surface area contributed by atoms with E-state index < -0.39 is 6.17 Å². The molecule has 1 saturated carbocycles. The summed E-state index contributed by atoms with van der Waals surface area (Å²) >= 11 is 1.80. The number of ether oxygens (including phenoxy) is 2. The summed E-state index contributed by atoms with van der Waals surface area (Å²) < 4.78 is 26.4. The van der Waals surface area contributed by atoms with Gasteiger partial charge in [0.05, 0.1) is 29.2 Å². The van der Waals surface area contributed by atoms with Crippen LogP contribution < -0.4 is 5.56 Å². The quantitative estimate of drug-likeness (QED) is 0.765. The maximum absolute atomic E-state index is 14.8. The number of H-pyrrole nitrogens is 1. The Kier molecular flexibility index (Phi) is 6.74. The molecule has 156 valence electrons. The van der Waals surface area contributed by atoms with Gasteiger partial charge in [-0.2, -0.15) is 11.8 Å². The van der Waals surface area contributed by atoms with Crippen molar-refractivity contribution in [1.29, 1.82) is 0 Å².